The molecule has 14 nitrogen and oxygen atoms in total. The summed E-state index contributed by atoms with van der Waals surface area (Å²) in [5, 5.41) is 35.9. The SMILES string of the molecule is C[N+]1(CC2CC2)CC[C@]23c4c5ccc(OC(=O)OCC(F)(F)C(F)(F)C(F)(F)C(F)(F)C(F)(F)C(F)(F)C(F)(F)C(F)(F)C(F)(F)C(F)(F)COC(=O)Oc6ccc7c8c6O[C@H]6C(=O)CC[C@@]9(O)C%10N(CC%11CC%11)C7%10C[C@]869)c4O[C@H]2C(O)CC[C@@]3(O)C1C5. The number of nitrogens with zero attached hydrogens (tertiary/aromatic N) is 2. The summed E-state index contributed by atoms with van der Waals surface area (Å²) in [6, 6.07) is 3.39. The molecule has 0 radical (unpaired) electrons. The topological polar surface area (TPSA) is 170 Å². The van der Waals surface area contributed by atoms with Gasteiger partial charge in [-0.3, -0.25) is 9.69 Å². The van der Waals surface area contributed by atoms with Crippen molar-refractivity contribution in [2.45, 2.75) is 188 Å². The number of likely N-dealkylation sites (N-methyl/N-ethyl adjacent to an activating group) is 1. The molecule has 486 valence electrons. The van der Waals surface area contributed by atoms with Crippen LogP contribution in [-0.4, -0.2) is 184 Å². The quantitative estimate of drug-likeness (QED) is 0.0400. The van der Waals surface area contributed by atoms with Crippen LogP contribution in [-0.2, 0) is 37.1 Å². The van der Waals surface area contributed by atoms with E-state index in [-0.39, 0.29) is 62.0 Å². The highest BCUT2D eigenvalue weighted by Gasteiger charge is 2.98. The van der Waals surface area contributed by atoms with Gasteiger partial charge in [-0.2, -0.15) is 87.8 Å². The Bertz CT molecular complexity index is 3370. The summed E-state index contributed by atoms with van der Waals surface area (Å²) < 4.78 is 328. The molecule has 7 aliphatic carbocycles. The number of carbonyl (C=O) groups excluding carboxylic acids is 3. The van der Waals surface area contributed by atoms with Crippen LogP contribution in [0.2, 0.25) is 0 Å². The molecule has 12 atom stereocenters. The van der Waals surface area contributed by atoms with E-state index in [4.69, 9.17) is 18.9 Å². The van der Waals surface area contributed by atoms with E-state index in [1.165, 1.54) is 12.1 Å². The maximum Gasteiger partial charge on any atom is 0.514 e. The first kappa shape index (κ1) is 61.5. The van der Waals surface area contributed by atoms with Gasteiger partial charge in [0.05, 0.1) is 54.3 Å². The molecular formula is C54H49F20N2O12+. The average Bonchev–Trinajstić information content (AvgIpc) is 1.42. The number of carbonyl (C=O) groups is 3. The monoisotopic (exact) mass is 1300 g/mol. The van der Waals surface area contributed by atoms with Crippen molar-refractivity contribution in [3.05, 3.63) is 46.5 Å². The molecule has 6 unspecified atom stereocenters. The number of hydrogen-bond donors (Lipinski definition) is 3. The highest BCUT2D eigenvalue weighted by molar-refractivity contribution is 5.92. The summed E-state index contributed by atoms with van der Waals surface area (Å²) >= 11 is 0. The first-order chi connectivity index (χ1) is 40.3. The number of ether oxygens (including phenoxy) is 6. The van der Waals surface area contributed by atoms with E-state index in [0.29, 0.717) is 41.2 Å². The van der Waals surface area contributed by atoms with Gasteiger partial charge in [0.2, 0.25) is 0 Å². The van der Waals surface area contributed by atoms with Crippen molar-refractivity contribution in [1.29, 1.82) is 0 Å². The third-order valence-corrected chi connectivity index (χ3v) is 21.1. The number of quaternary nitrogens is 1. The Kier molecular flexibility index (Phi) is 12.3. The number of Topliss-reactive ketones (excluding diaryl/α,β-unsaturated/α-hetero) is 1. The standard InChI is InChI=1S/C54H49F20N2O12/c1-76(18-23-4-5-23)15-14-40-31-24-6-8-28(33(31)87-35(40)26(77)10-12-43(40,81)30(76)16-24)85-38(79)83-20-45(55,56)47(59,60)49(63,64)51(67,68)53(71,72)54(73,74)52(69,70)50(65,66)48(61,62)46(57,58)21-84-39(80)86-29-9-7-25-32-34(29)88-36-27(78)11-13-44(82)37-42(25,19-41(32,36)44)75(37)17-22-2-3-22/h6-9,22-23,26,30,35-37,77,81-82H,2-5,10-21H2,1H3/q+1/t26?,30?,35-,36-,37?,40-,41-,42?,43+,44+,75?,76?/m0/s1. The van der Waals surface area contributed by atoms with E-state index in [2.05, 4.69) is 9.47 Å². The molecule has 0 amide bonds. The molecule has 3 spiro atoms. The van der Waals surface area contributed by atoms with Gasteiger partial charge in [-0.1, -0.05) is 12.1 Å². The number of aliphatic hydroxyl groups is 3. The molecule has 2 aromatic carbocycles. The maximum absolute atomic E-state index is 15.0. The Labute approximate surface area is 481 Å². The Morgan fingerprint density at radius 3 is 1.65 bits per heavy atom. The number of fused-ring (bicyclic) bond motifs is 1. The molecule has 0 aromatic heterocycles. The molecule has 88 heavy (non-hydrogen) atoms. The lowest BCUT2D eigenvalue weighted by molar-refractivity contribution is -0.950. The van der Waals surface area contributed by atoms with Crippen LogP contribution in [0.4, 0.5) is 97.4 Å². The first-order valence-corrected chi connectivity index (χ1v) is 27.7. The fourth-order valence-corrected chi connectivity index (χ4v) is 16.6. The second-order valence-electron chi connectivity index (χ2n) is 25.8. The minimum atomic E-state index is -9.38. The number of benzene rings is 2. The predicted molar refractivity (Wildman–Crippen MR) is 248 cm³/mol. The van der Waals surface area contributed by atoms with E-state index in [9.17, 15) is 118 Å². The lowest BCUT2D eigenvalue weighted by atomic mass is 9.48. The largest absolute Gasteiger partial charge is 0.514 e. The molecule has 34 heteroatoms. The van der Waals surface area contributed by atoms with Crippen molar-refractivity contribution in [1.82, 2.24) is 4.90 Å². The molecule has 5 saturated carbocycles. The number of rotatable bonds is 19. The molecule has 4 aliphatic heterocycles. The maximum atomic E-state index is 15.0. The molecule has 3 N–H and O–H groups in total. The number of likely N-dealkylation sites (tertiary alicyclic amines) is 2. The summed E-state index contributed by atoms with van der Waals surface area (Å²) in [5.41, 5.74) is -5.83. The van der Waals surface area contributed by atoms with Crippen molar-refractivity contribution < 1.29 is 150 Å². The summed E-state index contributed by atoms with van der Waals surface area (Å²) in [5.74, 6) is -89.0. The zero-order chi connectivity index (χ0) is 64.4. The van der Waals surface area contributed by atoms with Crippen LogP contribution < -0.4 is 18.9 Å². The minimum absolute atomic E-state index is 0.0261. The van der Waals surface area contributed by atoms with Gasteiger partial charge in [0.25, 0.3) is 0 Å². The number of piperidine rings is 2. The van der Waals surface area contributed by atoms with E-state index >= 15 is 0 Å². The van der Waals surface area contributed by atoms with Crippen LogP contribution >= 0.6 is 0 Å². The van der Waals surface area contributed by atoms with Crippen molar-refractivity contribution in [3.63, 3.8) is 0 Å². The van der Waals surface area contributed by atoms with Gasteiger partial charge in [0, 0.05) is 42.9 Å². The summed E-state index contributed by atoms with van der Waals surface area (Å²) in [7, 11) is 1.95. The van der Waals surface area contributed by atoms with Crippen molar-refractivity contribution in [2.75, 3.05) is 39.9 Å². The van der Waals surface area contributed by atoms with Crippen LogP contribution in [0.1, 0.15) is 86.5 Å². The number of ketones is 1. The Hall–Kier alpha value is -5.35. The highest BCUT2D eigenvalue weighted by atomic mass is 19.4. The highest BCUT2D eigenvalue weighted by Crippen LogP contribution is 2.83. The average molecular weight is 1300 g/mol. The fraction of sp³-hybridized carbons (Fsp3) is 0.722. The van der Waals surface area contributed by atoms with Crippen LogP contribution in [0.3, 0.4) is 0 Å². The van der Waals surface area contributed by atoms with E-state index in [1.807, 2.05) is 11.9 Å². The smallest absolute Gasteiger partial charge is 0.482 e. The Morgan fingerprint density at radius 1 is 0.625 bits per heavy atom. The number of hydrogen-bond acceptors (Lipinski definition) is 13. The Morgan fingerprint density at radius 2 is 1.12 bits per heavy atom. The lowest BCUT2D eigenvalue weighted by Gasteiger charge is -2.65. The van der Waals surface area contributed by atoms with Gasteiger partial charge in [-0.15, -0.1) is 0 Å². The number of halogens is 20. The first-order valence-electron chi connectivity index (χ1n) is 27.7. The van der Waals surface area contributed by atoms with E-state index in [1.54, 1.807) is 0 Å². The minimum Gasteiger partial charge on any atom is -0.482 e. The summed E-state index contributed by atoms with van der Waals surface area (Å²) in [6.07, 6.45) is -5.56. The molecule has 11 aliphatic rings. The van der Waals surface area contributed by atoms with Gasteiger partial charge >= 0.3 is 71.5 Å². The fourth-order valence-electron chi connectivity index (χ4n) is 16.6. The van der Waals surface area contributed by atoms with E-state index in [0.717, 1.165) is 37.8 Å². The normalized spacial score (nSPS) is 35.4. The second-order valence-corrected chi connectivity index (χ2v) is 25.8. The number of aliphatic hydroxyl groups excluding tert-OH is 1. The number of alkyl halides is 20. The van der Waals surface area contributed by atoms with Crippen LogP contribution in [0.15, 0.2) is 24.3 Å². The van der Waals surface area contributed by atoms with Crippen molar-refractivity contribution in [3.8, 4) is 23.0 Å². The molecule has 2 saturated heterocycles. The molecule has 7 fully saturated rings. The predicted octanol–water partition coefficient (Wildman–Crippen LogP) is 9.64. The summed E-state index contributed by atoms with van der Waals surface area (Å²) in [4.78, 5) is 40.7. The van der Waals surface area contributed by atoms with Gasteiger partial charge in [-0.25, -0.2) is 9.59 Å². The molecule has 4 bridgehead atoms. The molecular weight excluding hydrogens is 1250 g/mol. The van der Waals surface area contributed by atoms with Crippen molar-refractivity contribution >= 4 is 18.1 Å². The van der Waals surface area contributed by atoms with Crippen molar-refractivity contribution in [2.24, 2.45) is 11.8 Å². The van der Waals surface area contributed by atoms with Gasteiger partial charge < -0.3 is 48.2 Å². The molecule has 2 aromatic rings. The van der Waals surface area contributed by atoms with Crippen LogP contribution in [0.25, 0.3) is 0 Å². The van der Waals surface area contributed by atoms with Gasteiger partial charge in [-0.05, 0) is 80.5 Å². The Balaban J connectivity index is 0.682. The lowest BCUT2D eigenvalue weighted by Crippen LogP contribution is -2.81. The summed E-state index contributed by atoms with van der Waals surface area (Å²) in [6.45, 7) is -5.74. The van der Waals surface area contributed by atoms with E-state index < -0.39 is 171 Å². The van der Waals surface area contributed by atoms with Crippen LogP contribution in [0.5, 0.6) is 23.0 Å². The third kappa shape index (κ3) is 7.04. The van der Waals surface area contributed by atoms with Gasteiger partial charge in [0.1, 0.15) is 17.7 Å². The molecule has 13 rings (SSSR count). The third-order valence-electron chi connectivity index (χ3n) is 21.1. The molecule has 4 heterocycles. The van der Waals surface area contributed by atoms with Gasteiger partial charge in [0.15, 0.2) is 48.1 Å². The zero-order valence-corrected chi connectivity index (χ0v) is 45.1. The van der Waals surface area contributed by atoms with Crippen LogP contribution in [0, 0.1) is 11.8 Å². The zero-order valence-electron chi connectivity index (χ0n) is 45.1. The second kappa shape index (κ2) is 17.6.